The van der Waals surface area contributed by atoms with Crippen LogP contribution in [0.4, 0.5) is 0 Å². The summed E-state index contributed by atoms with van der Waals surface area (Å²) in [6, 6.07) is 20.0. The van der Waals surface area contributed by atoms with Gasteiger partial charge in [-0.15, -0.1) is 0 Å². The molecule has 34 heavy (non-hydrogen) atoms. The van der Waals surface area contributed by atoms with Crippen molar-refractivity contribution in [1.29, 1.82) is 0 Å². The summed E-state index contributed by atoms with van der Waals surface area (Å²) in [4.78, 5) is 41.9. The molecule has 1 saturated heterocycles. The molecular formula is C28H29N3O3. The fourth-order valence-corrected chi connectivity index (χ4v) is 4.22. The van der Waals surface area contributed by atoms with Gasteiger partial charge in [-0.2, -0.15) is 0 Å². The Morgan fingerprint density at radius 3 is 2.00 bits per heavy atom. The van der Waals surface area contributed by atoms with E-state index in [1.54, 1.807) is 36.4 Å². The van der Waals surface area contributed by atoms with Crippen molar-refractivity contribution >= 4 is 17.6 Å². The van der Waals surface area contributed by atoms with Gasteiger partial charge in [-0.25, -0.2) is 0 Å². The van der Waals surface area contributed by atoms with Crippen LogP contribution in [-0.4, -0.2) is 53.6 Å². The second-order valence-corrected chi connectivity index (χ2v) is 8.80. The molecule has 3 aromatic carbocycles. The molecule has 1 aliphatic heterocycles. The normalized spacial score (nSPS) is 14.1. The van der Waals surface area contributed by atoms with Gasteiger partial charge in [0, 0.05) is 49.4 Å². The van der Waals surface area contributed by atoms with Crippen molar-refractivity contribution in [2.75, 3.05) is 26.2 Å². The van der Waals surface area contributed by atoms with Gasteiger partial charge in [0.2, 0.25) is 5.91 Å². The lowest BCUT2D eigenvalue weighted by molar-refractivity contribution is 0.0625. The second-order valence-electron chi connectivity index (χ2n) is 8.80. The minimum absolute atomic E-state index is 0.113. The van der Waals surface area contributed by atoms with E-state index in [1.807, 2.05) is 49.1 Å². The number of benzene rings is 3. The van der Waals surface area contributed by atoms with E-state index in [-0.39, 0.29) is 11.7 Å². The van der Waals surface area contributed by atoms with Crippen molar-refractivity contribution in [1.82, 2.24) is 9.80 Å². The zero-order chi connectivity index (χ0) is 24.2. The van der Waals surface area contributed by atoms with E-state index in [2.05, 4.69) is 4.90 Å². The number of hydrogen-bond acceptors (Lipinski definition) is 4. The molecule has 1 heterocycles. The zero-order valence-corrected chi connectivity index (χ0v) is 19.6. The van der Waals surface area contributed by atoms with Gasteiger partial charge in [0.25, 0.3) is 5.91 Å². The van der Waals surface area contributed by atoms with Gasteiger partial charge in [-0.1, -0.05) is 42.5 Å². The van der Waals surface area contributed by atoms with Crippen LogP contribution < -0.4 is 5.73 Å². The van der Waals surface area contributed by atoms with E-state index in [0.717, 1.165) is 36.3 Å². The molecule has 0 spiro atoms. The molecule has 6 heteroatoms. The van der Waals surface area contributed by atoms with Crippen LogP contribution in [0.25, 0.3) is 0 Å². The quantitative estimate of drug-likeness (QED) is 0.576. The summed E-state index contributed by atoms with van der Waals surface area (Å²) in [5.74, 6) is -0.682. The Morgan fingerprint density at radius 1 is 0.765 bits per heavy atom. The fourth-order valence-electron chi connectivity index (χ4n) is 4.22. The van der Waals surface area contributed by atoms with Crippen molar-refractivity contribution in [3.05, 3.63) is 106 Å². The first kappa shape index (κ1) is 23.4. The number of primary amides is 1. The lowest BCUT2D eigenvalue weighted by Gasteiger charge is -2.35. The molecule has 2 N–H and O–H groups in total. The third-order valence-electron chi connectivity index (χ3n) is 6.48. The SMILES string of the molecule is Cc1ccc(C(=O)c2ccccc2C(=O)N2CCN(Cc3ccc(C(N)=O)cc3)CC2)cc1C. The van der Waals surface area contributed by atoms with Crippen LogP contribution in [0.2, 0.25) is 0 Å². The van der Waals surface area contributed by atoms with Crippen molar-refractivity contribution in [2.24, 2.45) is 5.73 Å². The number of ketones is 1. The summed E-state index contributed by atoms with van der Waals surface area (Å²) < 4.78 is 0. The molecule has 0 aromatic heterocycles. The summed E-state index contributed by atoms with van der Waals surface area (Å²) >= 11 is 0. The molecule has 0 unspecified atom stereocenters. The van der Waals surface area contributed by atoms with Crippen LogP contribution in [0.5, 0.6) is 0 Å². The first-order valence-corrected chi connectivity index (χ1v) is 11.4. The molecule has 174 valence electrons. The van der Waals surface area contributed by atoms with Gasteiger partial charge >= 0.3 is 0 Å². The van der Waals surface area contributed by atoms with Crippen LogP contribution in [-0.2, 0) is 6.54 Å². The molecule has 3 aromatic rings. The largest absolute Gasteiger partial charge is 0.366 e. The summed E-state index contributed by atoms with van der Waals surface area (Å²) in [5.41, 5.74) is 10.5. The van der Waals surface area contributed by atoms with E-state index in [4.69, 9.17) is 5.73 Å². The first-order valence-electron chi connectivity index (χ1n) is 11.4. The van der Waals surface area contributed by atoms with Crippen LogP contribution in [0.15, 0.2) is 66.7 Å². The van der Waals surface area contributed by atoms with E-state index >= 15 is 0 Å². The Bertz CT molecular complexity index is 1230. The molecule has 2 amide bonds. The molecule has 0 atom stereocenters. The summed E-state index contributed by atoms with van der Waals surface area (Å²) in [5, 5.41) is 0. The number of carbonyl (C=O) groups excluding carboxylic acids is 3. The molecular weight excluding hydrogens is 426 g/mol. The number of carbonyl (C=O) groups is 3. The van der Waals surface area contributed by atoms with Gasteiger partial charge < -0.3 is 10.6 Å². The Kier molecular flexibility index (Phi) is 6.89. The fraction of sp³-hybridized carbons (Fsp3) is 0.250. The third-order valence-corrected chi connectivity index (χ3v) is 6.48. The Balaban J connectivity index is 1.43. The molecule has 0 aliphatic carbocycles. The zero-order valence-electron chi connectivity index (χ0n) is 19.6. The molecule has 4 rings (SSSR count). The van der Waals surface area contributed by atoms with Crippen molar-refractivity contribution in [3.8, 4) is 0 Å². The Hall–Kier alpha value is -3.77. The predicted molar refractivity (Wildman–Crippen MR) is 132 cm³/mol. The van der Waals surface area contributed by atoms with Gasteiger partial charge in [0.1, 0.15) is 0 Å². The smallest absolute Gasteiger partial charge is 0.254 e. The summed E-state index contributed by atoms with van der Waals surface area (Å²) in [7, 11) is 0. The summed E-state index contributed by atoms with van der Waals surface area (Å²) in [6.07, 6.45) is 0. The highest BCUT2D eigenvalue weighted by atomic mass is 16.2. The van der Waals surface area contributed by atoms with Crippen molar-refractivity contribution < 1.29 is 14.4 Å². The molecule has 1 aliphatic rings. The van der Waals surface area contributed by atoms with Crippen LogP contribution in [0.3, 0.4) is 0 Å². The second kappa shape index (κ2) is 10.0. The maximum atomic E-state index is 13.4. The monoisotopic (exact) mass is 455 g/mol. The minimum atomic E-state index is -0.435. The number of nitrogens with zero attached hydrogens (tertiary/aromatic N) is 2. The molecule has 0 saturated carbocycles. The van der Waals surface area contributed by atoms with E-state index < -0.39 is 5.91 Å². The van der Waals surface area contributed by atoms with Crippen LogP contribution in [0, 0.1) is 13.8 Å². The van der Waals surface area contributed by atoms with E-state index in [9.17, 15) is 14.4 Å². The third kappa shape index (κ3) is 5.07. The average Bonchev–Trinajstić information content (AvgIpc) is 2.85. The Morgan fingerprint density at radius 2 is 1.38 bits per heavy atom. The standard InChI is InChI=1S/C28H29N3O3/c1-19-7-10-23(17-20(19)2)26(32)24-5-3-4-6-25(24)28(34)31-15-13-30(14-16-31)18-21-8-11-22(12-9-21)27(29)33/h3-12,17H,13-16,18H2,1-2H3,(H2,29,33). The van der Waals surface area contributed by atoms with E-state index in [0.29, 0.717) is 35.3 Å². The summed E-state index contributed by atoms with van der Waals surface area (Å²) in [6.45, 7) is 7.37. The lowest BCUT2D eigenvalue weighted by atomic mass is 9.95. The average molecular weight is 456 g/mol. The van der Waals surface area contributed by atoms with Gasteiger partial charge in [-0.05, 0) is 54.8 Å². The Labute approximate surface area is 200 Å². The molecule has 1 fully saturated rings. The molecule has 6 nitrogen and oxygen atoms in total. The number of aryl methyl sites for hydroxylation is 2. The highest BCUT2D eigenvalue weighted by Gasteiger charge is 2.26. The molecule has 0 radical (unpaired) electrons. The minimum Gasteiger partial charge on any atom is -0.366 e. The number of rotatable bonds is 6. The highest BCUT2D eigenvalue weighted by molar-refractivity contribution is 6.15. The number of amides is 2. The lowest BCUT2D eigenvalue weighted by Crippen LogP contribution is -2.48. The number of piperazine rings is 1. The first-order chi connectivity index (χ1) is 16.3. The topological polar surface area (TPSA) is 83.7 Å². The van der Waals surface area contributed by atoms with Crippen LogP contribution >= 0.6 is 0 Å². The maximum absolute atomic E-state index is 13.4. The van der Waals surface area contributed by atoms with E-state index in [1.165, 1.54) is 0 Å². The number of nitrogens with two attached hydrogens (primary N) is 1. The van der Waals surface area contributed by atoms with Crippen molar-refractivity contribution in [2.45, 2.75) is 20.4 Å². The van der Waals surface area contributed by atoms with Gasteiger partial charge in [-0.3, -0.25) is 19.3 Å². The predicted octanol–water partition coefficient (Wildman–Crippen LogP) is 3.59. The van der Waals surface area contributed by atoms with Crippen LogP contribution in [0.1, 0.15) is 53.3 Å². The highest BCUT2D eigenvalue weighted by Crippen LogP contribution is 2.20. The van der Waals surface area contributed by atoms with Gasteiger partial charge in [0.05, 0.1) is 5.56 Å². The van der Waals surface area contributed by atoms with Crippen molar-refractivity contribution in [3.63, 3.8) is 0 Å². The molecule has 0 bridgehead atoms. The number of hydrogen-bond donors (Lipinski definition) is 1. The maximum Gasteiger partial charge on any atom is 0.254 e. The van der Waals surface area contributed by atoms with Gasteiger partial charge in [0.15, 0.2) is 5.78 Å².